The topological polar surface area (TPSA) is 66.4 Å². The third-order valence-electron chi connectivity index (χ3n) is 2.88. The number of carbonyl (C=O) groups excluding carboxylic acids is 1. The zero-order chi connectivity index (χ0) is 13.1. The van der Waals surface area contributed by atoms with Gasteiger partial charge in [-0.05, 0) is 26.7 Å². The van der Waals surface area contributed by atoms with E-state index in [0.717, 1.165) is 0 Å². The molecule has 0 aromatic carbocycles. The second-order valence-electron chi connectivity index (χ2n) is 4.75. The van der Waals surface area contributed by atoms with Crippen molar-refractivity contribution in [2.24, 2.45) is 11.8 Å². The summed E-state index contributed by atoms with van der Waals surface area (Å²) in [5.74, 6) is 0.0380. The third kappa shape index (κ3) is 3.35. The number of hydrogen-bond acceptors (Lipinski definition) is 2. The van der Waals surface area contributed by atoms with Crippen molar-refractivity contribution in [2.75, 3.05) is 0 Å². The molecule has 0 fully saturated rings. The van der Waals surface area contributed by atoms with E-state index in [1.165, 1.54) is 0 Å². The molecule has 2 atom stereocenters. The molecule has 0 aromatic heterocycles. The maximum absolute atomic E-state index is 12.0. The molecule has 1 rings (SSSR count). The molecule has 0 radical (unpaired) electrons. The summed E-state index contributed by atoms with van der Waals surface area (Å²) in [4.78, 5) is 23.0. The molecule has 0 spiro atoms. The number of carboxylic acid groups (broad SMARTS) is 1. The van der Waals surface area contributed by atoms with E-state index < -0.39 is 23.3 Å². The second kappa shape index (κ2) is 5.05. The number of rotatable bonds is 3. The van der Waals surface area contributed by atoms with E-state index in [1.807, 2.05) is 6.08 Å². The van der Waals surface area contributed by atoms with Crippen LogP contribution >= 0.6 is 0 Å². The van der Waals surface area contributed by atoms with Crippen LogP contribution in [0.3, 0.4) is 0 Å². The van der Waals surface area contributed by atoms with E-state index in [2.05, 4.69) is 11.2 Å². The van der Waals surface area contributed by atoms with Gasteiger partial charge in [0.15, 0.2) is 0 Å². The fourth-order valence-corrected chi connectivity index (χ4v) is 1.81. The van der Waals surface area contributed by atoms with Gasteiger partial charge >= 0.3 is 5.97 Å². The molecular weight excluding hydrogens is 218 g/mol. The van der Waals surface area contributed by atoms with Crippen LogP contribution in [0.4, 0.5) is 0 Å². The van der Waals surface area contributed by atoms with Gasteiger partial charge in [-0.1, -0.05) is 18.1 Å². The molecular formula is C13H17NO3. The Morgan fingerprint density at radius 2 is 1.88 bits per heavy atom. The molecule has 0 bridgehead atoms. The van der Waals surface area contributed by atoms with Crippen LogP contribution in [-0.4, -0.2) is 22.5 Å². The maximum Gasteiger partial charge on any atom is 0.307 e. The molecule has 0 saturated carbocycles. The minimum Gasteiger partial charge on any atom is -0.481 e. The molecule has 4 nitrogen and oxygen atoms in total. The fourth-order valence-electron chi connectivity index (χ4n) is 1.81. The van der Waals surface area contributed by atoms with Gasteiger partial charge in [-0.25, -0.2) is 0 Å². The Morgan fingerprint density at radius 1 is 1.35 bits per heavy atom. The van der Waals surface area contributed by atoms with Crippen LogP contribution in [0.25, 0.3) is 0 Å². The quantitative estimate of drug-likeness (QED) is 0.570. The lowest BCUT2D eigenvalue weighted by molar-refractivity contribution is -0.147. The SMILES string of the molecule is C#CC(C)(C)NC(=O)C1CC=CCC1C(=O)O. The van der Waals surface area contributed by atoms with Gasteiger partial charge in [0, 0.05) is 0 Å². The molecule has 17 heavy (non-hydrogen) atoms. The van der Waals surface area contributed by atoms with Crippen molar-refractivity contribution in [1.82, 2.24) is 5.32 Å². The fraction of sp³-hybridized carbons (Fsp3) is 0.538. The number of hydrogen-bond donors (Lipinski definition) is 2. The molecule has 0 aliphatic heterocycles. The molecule has 4 heteroatoms. The van der Waals surface area contributed by atoms with Crippen molar-refractivity contribution in [3.05, 3.63) is 12.2 Å². The van der Waals surface area contributed by atoms with Gasteiger partial charge in [-0.3, -0.25) is 9.59 Å². The molecule has 1 aliphatic rings. The summed E-state index contributed by atoms with van der Waals surface area (Å²) >= 11 is 0. The van der Waals surface area contributed by atoms with Gasteiger partial charge in [0.2, 0.25) is 5.91 Å². The van der Waals surface area contributed by atoms with Crippen molar-refractivity contribution in [3.63, 3.8) is 0 Å². The average molecular weight is 235 g/mol. The predicted octanol–water partition coefficient (Wildman–Crippen LogP) is 1.18. The van der Waals surface area contributed by atoms with Crippen molar-refractivity contribution in [1.29, 1.82) is 0 Å². The zero-order valence-corrected chi connectivity index (χ0v) is 10.1. The highest BCUT2D eigenvalue weighted by atomic mass is 16.4. The lowest BCUT2D eigenvalue weighted by Crippen LogP contribution is -2.47. The highest BCUT2D eigenvalue weighted by Gasteiger charge is 2.35. The van der Waals surface area contributed by atoms with E-state index in [4.69, 9.17) is 11.5 Å². The van der Waals surface area contributed by atoms with Gasteiger partial charge in [0.25, 0.3) is 0 Å². The van der Waals surface area contributed by atoms with Crippen molar-refractivity contribution < 1.29 is 14.7 Å². The van der Waals surface area contributed by atoms with Crippen LogP contribution in [0, 0.1) is 24.2 Å². The standard InChI is InChI=1S/C13H17NO3/c1-4-13(2,3)14-11(15)9-7-5-6-8-10(9)12(16)17/h1,5-6,9-10H,7-8H2,2-3H3,(H,14,15)(H,16,17). The van der Waals surface area contributed by atoms with Crippen LogP contribution in [0.15, 0.2) is 12.2 Å². The lowest BCUT2D eigenvalue weighted by atomic mass is 9.82. The first-order valence-electron chi connectivity index (χ1n) is 5.55. The van der Waals surface area contributed by atoms with Crippen LogP contribution in [-0.2, 0) is 9.59 Å². The highest BCUT2D eigenvalue weighted by Crippen LogP contribution is 2.26. The first kappa shape index (κ1) is 13.3. The van der Waals surface area contributed by atoms with Crippen molar-refractivity contribution in [3.8, 4) is 12.3 Å². The summed E-state index contributed by atoms with van der Waals surface area (Å²) in [6, 6.07) is 0. The second-order valence-corrected chi connectivity index (χ2v) is 4.75. The molecule has 0 heterocycles. The monoisotopic (exact) mass is 235 g/mol. The Morgan fingerprint density at radius 3 is 2.35 bits per heavy atom. The Bertz CT molecular complexity index is 390. The third-order valence-corrected chi connectivity index (χ3v) is 2.88. The van der Waals surface area contributed by atoms with Gasteiger partial charge in [-0.2, -0.15) is 0 Å². The largest absolute Gasteiger partial charge is 0.481 e. The number of nitrogens with one attached hydrogen (secondary N) is 1. The molecule has 92 valence electrons. The van der Waals surface area contributed by atoms with Gasteiger partial charge in [-0.15, -0.1) is 6.42 Å². The van der Waals surface area contributed by atoms with E-state index in [0.29, 0.717) is 12.8 Å². The highest BCUT2D eigenvalue weighted by molar-refractivity contribution is 5.86. The normalized spacial score (nSPS) is 23.8. The van der Waals surface area contributed by atoms with Crippen LogP contribution in [0.5, 0.6) is 0 Å². The van der Waals surface area contributed by atoms with Crippen LogP contribution in [0.2, 0.25) is 0 Å². The zero-order valence-electron chi connectivity index (χ0n) is 10.1. The number of amides is 1. The molecule has 1 amide bonds. The Kier molecular flexibility index (Phi) is 3.95. The number of carboxylic acids is 1. The summed E-state index contributed by atoms with van der Waals surface area (Å²) in [6.07, 6.45) is 9.76. The summed E-state index contributed by atoms with van der Waals surface area (Å²) in [5, 5.41) is 11.7. The number of terminal acetylenes is 1. The molecule has 1 aliphatic carbocycles. The number of carbonyl (C=O) groups is 2. The van der Waals surface area contributed by atoms with E-state index in [1.54, 1.807) is 19.9 Å². The molecule has 2 N–H and O–H groups in total. The summed E-state index contributed by atoms with van der Waals surface area (Å²) in [5.41, 5.74) is -0.749. The molecule has 2 unspecified atom stereocenters. The minimum atomic E-state index is -0.937. The molecule has 0 aromatic rings. The Hall–Kier alpha value is -1.76. The maximum atomic E-state index is 12.0. The van der Waals surface area contributed by atoms with E-state index >= 15 is 0 Å². The summed E-state index contributed by atoms with van der Waals surface area (Å²) in [7, 11) is 0. The minimum absolute atomic E-state index is 0.287. The average Bonchev–Trinajstić information content (AvgIpc) is 2.28. The number of aliphatic carboxylic acids is 1. The first-order valence-corrected chi connectivity index (χ1v) is 5.55. The van der Waals surface area contributed by atoms with Gasteiger partial charge in [0.05, 0.1) is 17.4 Å². The van der Waals surface area contributed by atoms with Crippen molar-refractivity contribution in [2.45, 2.75) is 32.2 Å². The Labute approximate surface area is 101 Å². The van der Waals surface area contributed by atoms with E-state index in [9.17, 15) is 9.59 Å². The first-order chi connectivity index (χ1) is 7.87. The van der Waals surface area contributed by atoms with Gasteiger partial charge < -0.3 is 10.4 Å². The Balaban J connectivity index is 2.77. The number of allylic oxidation sites excluding steroid dienone is 2. The summed E-state index contributed by atoms with van der Waals surface area (Å²) < 4.78 is 0. The van der Waals surface area contributed by atoms with Crippen LogP contribution < -0.4 is 5.32 Å². The van der Waals surface area contributed by atoms with Crippen LogP contribution in [0.1, 0.15) is 26.7 Å². The van der Waals surface area contributed by atoms with E-state index in [-0.39, 0.29) is 5.91 Å². The van der Waals surface area contributed by atoms with Crippen molar-refractivity contribution >= 4 is 11.9 Å². The molecule has 0 saturated heterocycles. The smallest absolute Gasteiger partial charge is 0.307 e. The predicted molar refractivity (Wildman–Crippen MR) is 64.0 cm³/mol. The summed E-state index contributed by atoms with van der Waals surface area (Å²) in [6.45, 7) is 3.42. The van der Waals surface area contributed by atoms with Gasteiger partial charge in [0.1, 0.15) is 0 Å². The lowest BCUT2D eigenvalue weighted by Gasteiger charge is -2.28.